The topological polar surface area (TPSA) is 54.5 Å². The lowest BCUT2D eigenvalue weighted by Crippen LogP contribution is -2.22. The van der Waals surface area contributed by atoms with Crippen molar-refractivity contribution in [3.8, 4) is 0 Å². The van der Waals surface area contributed by atoms with Gasteiger partial charge in [-0.25, -0.2) is 12.7 Å². The minimum atomic E-state index is -3.48. The highest BCUT2D eigenvalue weighted by molar-refractivity contribution is 9.10. The van der Waals surface area contributed by atoms with E-state index in [1.54, 1.807) is 6.08 Å². The molecule has 2 aromatic carbocycles. The number of rotatable bonds is 5. The van der Waals surface area contributed by atoms with Crippen LogP contribution in [0.15, 0.2) is 64.0 Å². The Balaban J connectivity index is 2.20. The fraction of sp³-hybridized carbons (Fsp3) is 0.118. The highest BCUT2D eigenvalue weighted by atomic mass is 79.9. The predicted molar refractivity (Wildman–Crippen MR) is 94.8 cm³/mol. The zero-order valence-electron chi connectivity index (χ0n) is 12.7. The molecule has 0 spiro atoms. The highest BCUT2D eigenvalue weighted by Gasteiger charge is 2.17. The van der Waals surface area contributed by atoms with Crippen LogP contribution in [0.1, 0.15) is 15.9 Å². The van der Waals surface area contributed by atoms with E-state index in [4.69, 9.17) is 0 Å². The number of hydrogen-bond acceptors (Lipinski definition) is 3. The number of hydrogen-bond donors (Lipinski definition) is 0. The largest absolute Gasteiger partial charge is 0.289 e. The van der Waals surface area contributed by atoms with E-state index in [9.17, 15) is 13.2 Å². The third-order valence-corrected chi connectivity index (χ3v) is 5.79. The van der Waals surface area contributed by atoms with Gasteiger partial charge in [0.25, 0.3) is 0 Å². The van der Waals surface area contributed by atoms with Crippen LogP contribution in [-0.4, -0.2) is 32.6 Å². The van der Waals surface area contributed by atoms with Gasteiger partial charge >= 0.3 is 0 Å². The van der Waals surface area contributed by atoms with E-state index in [2.05, 4.69) is 15.9 Å². The Morgan fingerprint density at radius 2 is 1.65 bits per heavy atom. The summed E-state index contributed by atoms with van der Waals surface area (Å²) in [7, 11) is -0.548. The standard InChI is InChI=1S/C17H16BrNO3S/c1-19(2)23(21,22)15-10-7-14(8-11-15)17(20)12-9-13-5-3-4-6-16(13)18/h3-12H,1-2H3. The van der Waals surface area contributed by atoms with Crippen molar-refractivity contribution in [2.24, 2.45) is 0 Å². The van der Waals surface area contributed by atoms with E-state index >= 15 is 0 Å². The number of halogens is 1. The molecule has 0 amide bonds. The molecule has 0 aliphatic carbocycles. The molecular weight excluding hydrogens is 378 g/mol. The van der Waals surface area contributed by atoms with E-state index in [1.165, 1.54) is 44.4 Å². The maximum Gasteiger partial charge on any atom is 0.242 e. The average Bonchev–Trinajstić information content (AvgIpc) is 2.53. The molecule has 4 nitrogen and oxygen atoms in total. The van der Waals surface area contributed by atoms with Gasteiger partial charge < -0.3 is 0 Å². The number of benzene rings is 2. The summed E-state index contributed by atoms with van der Waals surface area (Å²) in [6.45, 7) is 0. The smallest absolute Gasteiger partial charge is 0.242 e. The lowest BCUT2D eigenvalue weighted by atomic mass is 10.1. The van der Waals surface area contributed by atoms with Gasteiger partial charge in [-0.15, -0.1) is 0 Å². The Labute approximate surface area is 144 Å². The molecule has 23 heavy (non-hydrogen) atoms. The zero-order chi connectivity index (χ0) is 17.0. The first-order valence-electron chi connectivity index (χ1n) is 6.82. The van der Waals surface area contributed by atoms with Crippen molar-refractivity contribution in [1.29, 1.82) is 0 Å². The van der Waals surface area contributed by atoms with Crippen LogP contribution < -0.4 is 0 Å². The van der Waals surface area contributed by atoms with Gasteiger partial charge in [-0.2, -0.15) is 0 Å². The van der Waals surface area contributed by atoms with Gasteiger partial charge in [0.1, 0.15) is 0 Å². The van der Waals surface area contributed by atoms with Gasteiger partial charge in [-0.1, -0.05) is 34.1 Å². The third kappa shape index (κ3) is 4.16. The van der Waals surface area contributed by atoms with Crippen molar-refractivity contribution < 1.29 is 13.2 Å². The van der Waals surface area contributed by atoms with Crippen LogP contribution in [0.25, 0.3) is 6.08 Å². The van der Waals surface area contributed by atoms with E-state index in [0.717, 1.165) is 14.3 Å². The van der Waals surface area contributed by atoms with E-state index < -0.39 is 10.0 Å². The molecule has 0 aromatic heterocycles. The Bertz CT molecular complexity index is 840. The second-order valence-corrected chi connectivity index (χ2v) is 8.04. The van der Waals surface area contributed by atoms with Gasteiger partial charge in [0.15, 0.2) is 5.78 Å². The quantitative estimate of drug-likeness (QED) is 0.575. The van der Waals surface area contributed by atoms with Crippen molar-refractivity contribution in [2.45, 2.75) is 4.90 Å². The molecule has 0 aliphatic rings. The molecule has 0 bridgehead atoms. The lowest BCUT2D eigenvalue weighted by Gasteiger charge is -2.11. The average molecular weight is 394 g/mol. The molecule has 0 saturated heterocycles. The SMILES string of the molecule is CN(C)S(=O)(=O)c1ccc(C(=O)C=Cc2ccccc2Br)cc1. The molecule has 2 aromatic rings. The van der Waals surface area contributed by atoms with Crippen molar-refractivity contribution in [1.82, 2.24) is 4.31 Å². The molecule has 0 unspecified atom stereocenters. The second kappa shape index (κ2) is 7.21. The van der Waals surface area contributed by atoms with Gasteiger partial charge in [0.05, 0.1) is 4.90 Å². The Morgan fingerprint density at radius 3 is 2.22 bits per heavy atom. The molecule has 2 rings (SSSR count). The minimum Gasteiger partial charge on any atom is -0.289 e. The van der Waals surface area contributed by atoms with Crippen LogP contribution in [0.3, 0.4) is 0 Å². The van der Waals surface area contributed by atoms with Crippen LogP contribution in [0, 0.1) is 0 Å². The molecule has 120 valence electrons. The van der Waals surface area contributed by atoms with E-state index in [1.807, 2.05) is 24.3 Å². The summed E-state index contributed by atoms with van der Waals surface area (Å²) in [6, 6.07) is 13.5. The summed E-state index contributed by atoms with van der Waals surface area (Å²) in [5.74, 6) is -0.186. The first-order chi connectivity index (χ1) is 10.8. The Kier molecular flexibility index (Phi) is 5.51. The summed E-state index contributed by atoms with van der Waals surface area (Å²) in [5, 5.41) is 0. The van der Waals surface area contributed by atoms with Gasteiger partial charge in [0, 0.05) is 24.1 Å². The molecule has 0 radical (unpaired) electrons. The molecule has 0 N–H and O–H groups in total. The van der Waals surface area contributed by atoms with Crippen molar-refractivity contribution in [3.63, 3.8) is 0 Å². The minimum absolute atomic E-state index is 0.161. The normalized spacial score (nSPS) is 12.0. The number of carbonyl (C=O) groups excluding carboxylic acids is 1. The number of nitrogens with zero attached hydrogens (tertiary/aromatic N) is 1. The van der Waals surface area contributed by atoms with Crippen molar-refractivity contribution >= 4 is 37.8 Å². The Hall–Kier alpha value is -1.76. The first-order valence-corrected chi connectivity index (χ1v) is 9.05. The summed E-state index contributed by atoms with van der Waals surface area (Å²) in [5.41, 5.74) is 1.33. The number of allylic oxidation sites excluding steroid dienone is 1. The molecule has 0 atom stereocenters. The number of carbonyl (C=O) groups is 1. The first kappa shape index (κ1) is 17.6. The van der Waals surface area contributed by atoms with Crippen LogP contribution in [0.4, 0.5) is 0 Å². The van der Waals surface area contributed by atoms with Crippen molar-refractivity contribution in [3.05, 3.63) is 70.2 Å². The van der Waals surface area contributed by atoms with Crippen LogP contribution >= 0.6 is 15.9 Å². The Morgan fingerprint density at radius 1 is 1.04 bits per heavy atom. The lowest BCUT2D eigenvalue weighted by molar-refractivity contribution is 0.104. The van der Waals surface area contributed by atoms with E-state index in [0.29, 0.717) is 5.56 Å². The number of ketones is 1. The fourth-order valence-electron chi connectivity index (χ4n) is 1.87. The molecule has 0 saturated carbocycles. The van der Waals surface area contributed by atoms with Crippen LogP contribution in [0.5, 0.6) is 0 Å². The number of sulfonamides is 1. The third-order valence-electron chi connectivity index (χ3n) is 3.24. The summed E-state index contributed by atoms with van der Waals surface area (Å²) < 4.78 is 26.0. The van der Waals surface area contributed by atoms with E-state index in [-0.39, 0.29) is 10.7 Å². The van der Waals surface area contributed by atoms with Crippen LogP contribution in [0.2, 0.25) is 0 Å². The van der Waals surface area contributed by atoms with Gasteiger partial charge in [-0.05, 0) is 48.0 Å². The van der Waals surface area contributed by atoms with Crippen LogP contribution in [-0.2, 0) is 10.0 Å². The molecule has 0 heterocycles. The zero-order valence-corrected chi connectivity index (χ0v) is 15.1. The predicted octanol–water partition coefficient (Wildman–Crippen LogP) is 3.60. The molecule has 0 fully saturated rings. The summed E-state index contributed by atoms with van der Waals surface area (Å²) >= 11 is 3.41. The van der Waals surface area contributed by atoms with Gasteiger partial charge in [-0.3, -0.25) is 4.79 Å². The van der Waals surface area contributed by atoms with Crippen molar-refractivity contribution in [2.75, 3.05) is 14.1 Å². The fourth-order valence-corrected chi connectivity index (χ4v) is 3.19. The monoisotopic (exact) mass is 393 g/mol. The molecule has 6 heteroatoms. The maximum atomic E-state index is 12.2. The summed E-state index contributed by atoms with van der Waals surface area (Å²) in [6.07, 6.45) is 3.19. The van der Waals surface area contributed by atoms with Gasteiger partial charge in [0.2, 0.25) is 10.0 Å². The highest BCUT2D eigenvalue weighted by Crippen LogP contribution is 2.18. The second-order valence-electron chi connectivity index (χ2n) is 5.03. The maximum absolute atomic E-state index is 12.2. The summed E-state index contributed by atoms with van der Waals surface area (Å²) in [4.78, 5) is 12.3. The molecule has 0 aliphatic heterocycles. The molecular formula is C17H16BrNO3S.